The van der Waals surface area contributed by atoms with Crippen LogP contribution in [0.5, 0.6) is 0 Å². The predicted octanol–water partition coefficient (Wildman–Crippen LogP) is 0.588. The molecule has 0 aromatic rings. The van der Waals surface area contributed by atoms with Crippen molar-refractivity contribution < 1.29 is 20.7 Å². The van der Waals surface area contributed by atoms with Gasteiger partial charge < -0.3 is 20.7 Å². The summed E-state index contributed by atoms with van der Waals surface area (Å²) in [5.74, 6) is -0.736. The Kier molecular flexibility index (Phi) is 11.3. The number of aliphatic hydroxyl groups is 1. The fourth-order valence-electron chi connectivity index (χ4n) is 1.26. The number of unbranched alkanes of at least 4 members (excludes halogenated alkanes) is 2. The molecule has 2 unspecified atom stereocenters. The number of hydrogen-bond acceptors (Lipinski definition) is 3. The molecule has 18 heavy (non-hydrogen) atoms. The van der Waals surface area contributed by atoms with Crippen LogP contribution in [0.25, 0.3) is 0 Å². The summed E-state index contributed by atoms with van der Waals surface area (Å²) in [7, 11) is 0. The van der Waals surface area contributed by atoms with E-state index in [2.05, 4.69) is 12.7 Å². The van der Waals surface area contributed by atoms with E-state index >= 15 is 0 Å². The normalized spacial score (nSPS) is 14.4. The van der Waals surface area contributed by atoms with Crippen molar-refractivity contribution in [1.82, 2.24) is 0 Å². The summed E-state index contributed by atoms with van der Waals surface area (Å²) in [4.78, 5) is 10.8. The first kappa shape index (κ1) is 19.7. The van der Waals surface area contributed by atoms with Gasteiger partial charge in [-0.2, -0.15) is 0 Å². The van der Waals surface area contributed by atoms with Crippen molar-refractivity contribution in [2.75, 3.05) is 6.54 Å². The smallest absolute Gasteiger partial charge is 0.100 e. The van der Waals surface area contributed by atoms with Gasteiger partial charge in [-0.05, 0) is 19.3 Å². The van der Waals surface area contributed by atoms with Crippen LogP contribution in [0.15, 0.2) is 0 Å². The highest BCUT2D eigenvalue weighted by Gasteiger charge is 2.26. The van der Waals surface area contributed by atoms with Gasteiger partial charge in [0.25, 0.3) is 0 Å². The Bertz CT molecular complexity index is 215. The second-order valence-corrected chi connectivity index (χ2v) is 5.54. The van der Waals surface area contributed by atoms with Crippen LogP contribution < -0.4 is 10.8 Å². The van der Waals surface area contributed by atoms with Crippen LogP contribution in [0.2, 0.25) is 0 Å². The van der Waals surface area contributed by atoms with E-state index in [0.717, 1.165) is 12.8 Å². The zero-order chi connectivity index (χ0) is 14.8. The third-order valence-corrected chi connectivity index (χ3v) is 3.42. The molecule has 0 saturated carbocycles. The molecule has 4 N–H and O–H groups in total. The zero-order valence-electron chi connectivity index (χ0n) is 12.7. The molecule has 4 nitrogen and oxygen atoms in total. The Morgan fingerprint density at radius 3 is 2.06 bits per heavy atom. The summed E-state index contributed by atoms with van der Waals surface area (Å²) in [5, 5.41) is 19.1. The predicted molar refractivity (Wildman–Crippen MR) is 71.5 cm³/mol. The minimum Gasteiger partial charge on any atom is -0.550 e. The van der Waals surface area contributed by atoms with Crippen LogP contribution in [0.4, 0.5) is 0 Å². The maximum atomic E-state index is 10.8. The van der Waals surface area contributed by atoms with Gasteiger partial charge in [0, 0.05) is 11.4 Å². The van der Waals surface area contributed by atoms with E-state index in [0.29, 0.717) is 6.54 Å². The van der Waals surface area contributed by atoms with E-state index in [1.807, 2.05) is 6.92 Å². The molecule has 0 aliphatic carbocycles. The number of rotatable bonds is 7. The number of carboxylic acid groups (broad SMARTS) is 1. The summed E-state index contributed by atoms with van der Waals surface area (Å²) >= 11 is 0. The molecule has 0 aromatic carbocycles. The van der Waals surface area contributed by atoms with Gasteiger partial charge in [0.05, 0.1) is 6.10 Å². The Balaban J connectivity index is 0. The molecule has 0 saturated heterocycles. The van der Waals surface area contributed by atoms with Gasteiger partial charge in [0.2, 0.25) is 0 Å². The molecule has 0 rings (SSSR count). The largest absolute Gasteiger partial charge is 0.550 e. The Morgan fingerprint density at radius 2 is 1.78 bits per heavy atom. The lowest BCUT2D eigenvalue weighted by atomic mass is 9.77. The number of carbonyl (C=O) groups excluding carboxylic acids is 1. The quantitative estimate of drug-likeness (QED) is 0.657. The van der Waals surface area contributed by atoms with Crippen molar-refractivity contribution in [3.05, 3.63) is 0 Å². The zero-order valence-corrected chi connectivity index (χ0v) is 12.7. The van der Waals surface area contributed by atoms with Gasteiger partial charge >= 0.3 is 0 Å². The van der Waals surface area contributed by atoms with Gasteiger partial charge in [0.15, 0.2) is 0 Å². The van der Waals surface area contributed by atoms with Crippen LogP contribution in [-0.2, 0) is 4.79 Å². The molecule has 0 fully saturated rings. The van der Waals surface area contributed by atoms with E-state index in [9.17, 15) is 9.90 Å². The average Bonchev–Trinajstić information content (AvgIpc) is 2.29. The lowest BCUT2D eigenvalue weighted by Crippen LogP contribution is -2.54. The SMILES string of the molecule is CC(O)C[NH3+].CCCCCC(C)C(C)(C)C(=O)[O-]. The summed E-state index contributed by atoms with van der Waals surface area (Å²) in [6.07, 6.45) is 4.24. The van der Waals surface area contributed by atoms with Crippen molar-refractivity contribution in [3.8, 4) is 0 Å². The minimum atomic E-state index is -0.934. The van der Waals surface area contributed by atoms with Crippen molar-refractivity contribution in [2.45, 2.75) is 66.4 Å². The van der Waals surface area contributed by atoms with Crippen LogP contribution in [0.1, 0.15) is 60.3 Å². The Labute approximate surface area is 112 Å². The van der Waals surface area contributed by atoms with E-state index in [1.165, 1.54) is 12.8 Å². The monoisotopic (exact) mass is 261 g/mol. The second-order valence-electron chi connectivity index (χ2n) is 5.54. The van der Waals surface area contributed by atoms with Gasteiger partial charge in [0.1, 0.15) is 6.54 Å². The lowest BCUT2D eigenvalue weighted by molar-refractivity contribution is -0.382. The molecular weight excluding hydrogens is 230 g/mol. The number of carboxylic acids is 1. The van der Waals surface area contributed by atoms with Gasteiger partial charge in [-0.15, -0.1) is 0 Å². The Hall–Kier alpha value is -0.610. The van der Waals surface area contributed by atoms with Crippen molar-refractivity contribution in [2.24, 2.45) is 11.3 Å². The number of hydrogen-bond donors (Lipinski definition) is 2. The van der Waals surface area contributed by atoms with Crippen LogP contribution in [0.3, 0.4) is 0 Å². The van der Waals surface area contributed by atoms with E-state index < -0.39 is 11.4 Å². The molecule has 2 atom stereocenters. The van der Waals surface area contributed by atoms with Gasteiger partial charge in [-0.25, -0.2) is 0 Å². The molecule has 0 radical (unpaired) electrons. The molecule has 110 valence electrons. The molecule has 0 aliphatic rings. The summed E-state index contributed by atoms with van der Waals surface area (Å²) in [5.41, 5.74) is 2.75. The molecule has 0 heterocycles. The number of aliphatic hydroxyl groups excluding tert-OH is 1. The third kappa shape index (κ3) is 9.42. The fourth-order valence-corrected chi connectivity index (χ4v) is 1.26. The van der Waals surface area contributed by atoms with Crippen molar-refractivity contribution in [3.63, 3.8) is 0 Å². The molecule has 4 heteroatoms. The van der Waals surface area contributed by atoms with E-state index in [4.69, 9.17) is 5.11 Å². The number of carbonyl (C=O) groups is 1. The number of aliphatic carboxylic acids is 1. The highest BCUT2D eigenvalue weighted by molar-refractivity contribution is 5.71. The van der Waals surface area contributed by atoms with E-state index in [-0.39, 0.29) is 12.0 Å². The van der Waals surface area contributed by atoms with Crippen LogP contribution in [0, 0.1) is 11.3 Å². The van der Waals surface area contributed by atoms with Crippen molar-refractivity contribution in [1.29, 1.82) is 0 Å². The Morgan fingerprint density at radius 1 is 1.33 bits per heavy atom. The minimum absolute atomic E-state index is 0.198. The summed E-state index contributed by atoms with van der Waals surface area (Å²) < 4.78 is 0. The highest BCUT2D eigenvalue weighted by Crippen LogP contribution is 2.29. The topological polar surface area (TPSA) is 88.0 Å². The first-order chi connectivity index (χ1) is 8.19. The molecule has 0 aromatic heterocycles. The summed E-state index contributed by atoms with van der Waals surface area (Å²) in [6, 6.07) is 0. The summed E-state index contributed by atoms with van der Waals surface area (Å²) in [6.45, 7) is 9.96. The van der Waals surface area contributed by atoms with E-state index in [1.54, 1.807) is 20.8 Å². The standard InChI is InChI=1S/C11H22O2.C3H9NO/c1-5-6-7-8-9(2)11(3,4)10(12)13;1-3(5)2-4/h9H,5-8H2,1-4H3,(H,12,13);3,5H,2,4H2,1H3. The second kappa shape index (κ2) is 10.3. The maximum absolute atomic E-state index is 10.8. The first-order valence-electron chi connectivity index (χ1n) is 6.88. The van der Waals surface area contributed by atoms with Crippen molar-refractivity contribution >= 4 is 5.97 Å². The molecule has 0 bridgehead atoms. The highest BCUT2D eigenvalue weighted by atomic mass is 16.4. The average molecular weight is 261 g/mol. The van der Waals surface area contributed by atoms with Crippen LogP contribution in [-0.4, -0.2) is 23.7 Å². The number of quaternary nitrogens is 1. The molecule has 0 amide bonds. The molecular formula is C14H31NO3. The van der Waals surface area contributed by atoms with Gasteiger partial charge in [-0.1, -0.05) is 47.0 Å². The fraction of sp³-hybridized carbons (Fsp3) is 0.929. The molecule has 0 spiro atoms. The van der Waals surface area contributed by atoms with Crippen LogP contribution >= 0.6 is 0 Å². The van der Waals surface area contributed by atoms with Gasteiger partial charge in [-0.3, -0.25) is 0 Å². The molecule has 0 aliphatic heterocycles. The maximum Gasteiger partial charge on any atom is 0.100 e. The first-order valence-corrected chi connectivity index (χ1v) is 6.88. The third-order valence-electron chi connectivity index (χ3n) is 3.42. The lowest BCUT2D eigenvalue weighted by Gasteiger charge is -2.32.